The average Bonchev–Trinajstić information content (AvgIpc) is 2.72. The molecule has 0 spiro atoms. The van der Waals surface area contributed by atoms with Crippen LogP contribution in [0.15, 0.2) is 29.6 Å². The number of rotatable bonds is 2. The quantitative estimate of drug-likeness (QED) is 0.583. The van der Waals surface area contributed by atoms with Gasteiger partial charge in [0.25, 0.3) is 0 Å². The fraction of sp³-hybridized carbons (Fsp3) is 0.214. The number of ether oxygens (including phenoxy) is 2. The van der Waals surface area contributed by atoms with Gasteiger partial charge in [-0.1, -0.05) is 0 Å². The number of fused-ring (bicyclic) bond motifs is 1. The largest absolute Gasteiger partial charge is 0.490 e. The van der Waals surface area contributed by atoms with Gasteiger partial charge in [0.1, 0.15) is 0 Å². The maximum Gasteiger partial charge on any atom is 0.194 e. The van der Waals surface area contributed by atoms with E-state index in [1.165, 1.54) is 0 Å². The number of hydrogen-bond donors (Lipinski definition) is 0. The highest BCUT2D eigenvalue weighted by molar-refractivity contribution is 14.1. The normalized spacial score (nSPS) is 13.9. The van der Waals surface area contributed by atoms with Gasteiger partial charge in [-0.25, -0.2) is 0 Å². The summed E-state index contributed by atoms with van der Waals surface area (Å²) in [6, 6.07) is 7.27. The summed E-state index contributed by atoms with van der Waals surface area (Å²) < 4.78 is 12.3. The molecule has 3 rings (SSSR count). The van der Waals surface area contributed by atoms with Crippen molar-refractivity contribution in [1.82, 2.24) is 0 Å². The van der Waals surface area contributed by atoms with Gasteiger partial charge in [0.05, 0.1) is 16.1 Å². The summed E-state index contributed by atoms with van der Waals surface area (Å²) in [5.74, 6) is 1.40. The van der Waals surface area contributed by atoms with Gasteiger partial charge in [0.2, 0.25) is 0 Å². The van der Waals surface area contributed by atoms with Crippen molar-refractivity contribution in [3.63, 3.8) is 0 Å². The summed E-state index contributed by atoms with van der Waals surface area (Å²) in [7, 11) is 0. The van der Waals surface area contributed by atoms with Crippen LogP contribution in [0.4, 0.5) is 0 Å². The molecule has 1 aromatic heterocycles. The highest BCUT2D eigenvalue weighted by Crippen LogP contribution is 2.31. The van der Waals surface area contributed by atoms with Gasteiger partial charge in [-0.2, -0.15) is 0 Å². The van der Waals surface area contributed by atoms with Crippen LogP contribution in [-0.4, -0.2) is 19.0 Å². The highest BCUT2D eigenvalue weighted by atomic mass is 127. The van der Waals surface area contributed by atoms with E-state index in [-0.39, 0.29) is 5.78 Å². The molecular weight excluding hydrogens is 375 g/mol. The Kier molecular flexibility index (Phi) is 3.74. The maximum absolute atomic E-state index is 12.3. The zero-order valence-corrected chi connectivity index (χ0v) is 13.0. The maximum atomic E-state index is 12.3. The van der Waals surface area contributed by atoms with Crippen molar-refractivity contribution in [1.29, 1.82) is 0 Å². The Balaban J connectivity index is 1.93. The molecule has 0 aliphatic carbocycles. The summed E-state index contributed by atoms with van der Waals surface area (Å²) in [4.78, 5) is 12.3. The Morgan fingerprint density at radius 3 is 2.63 bits per heavy atom. The SMILES string of the molecule is O=C(c1csc(I)c1)c1ccc2c(c1)OCCCO2. The van der Waals surface area contributed by atoms with E-state index in [4.69, 9.17) is 9.47 Å². The zero-order valence-electron chi connectivity index (χ0n) is 10.0. The molecule has 3 nitrogen and oxygen atoms in total. The van der Waals surface area contributed by atoms with Crippen molar-refractivity contribution < 1.29 is 14.3 Å². The van der Waals surface area contributed by atoms with E-state index in [2.05, 4.69) is 22.6 Å². The van der Waals surface area contributed by atoms with Crippen LogP contribution in [0.3, 0.4) is 0 Å². The van der Waals surface area contributed by atoms with Crippen molar-refractivity contribution in [2.75, 3.05) is 13.2 Å². The Morgan fingerprint density at radius 1 is 1.11 bits per heavy atom. The first-order valence-corrected chi connectivity index (χ1v) is 7.88. The molecule has 0 atom stereocenters. The van der Waals surface area contributed by atoms with Crippen molar-refractivity contribution in [2.45, 2.75) is 6.42 Å². The predicted molar refractivity (Wildman–Crippen MR) is 82.5 cm³/mol. The van der Waals surface area contributed by atoms with E-state index in [0.29, 0.717) is 30.3 Å². The molecule has 0 amide bonds. The number of carbonyl (C=O) groups excluding carboxylic acids is 1. The summed E-state index contributed by atoms with van der Waals surface area (Å²) in [6.45, 7) is 1.28. The minimum absolute atomic E-state index is 0.0230. The molecule has 0 radical (unpaired) electrons. The third-order valence-corrected chi connectivity index (χ3v) is 4.63. The first kappa shape index (κ1) is 12.9. The second-order valence-electron chi connectivity index (χ2n) is 4.18. The second kappa shape index (κ2) is 5.50. The van der Waals surface area contributed by atoms with Crippen LogP contribution in [0.2, 0.25) is 0 Å². The molecule has 98 valence electrons. The van der Waals surface area contributed by atoms with Gasteiger partial charge >= 0.3 is 0 Å². The van der Waals surface area contributed by atoms with E-state index in [1.807, 2.05) is 17.5 Å². The minimum atomic E-state index is 0.0230. The zero-order chi connectivity index (χ0) is 13.2. The van der Waals surface area contributed by atoms with Gasteiger partial charge in [0.15, 0.2) is 17.3 Å². The molecule has 19 heavy (non-hydrogen) atoms. The number of benzene rings is 1. The Bertz CT molecular complexity index is 621. The Hall–Kier alpha value is -1.08. The van der Waals surface area contributed by atoms with Crippen LogP contribution >= 0.6 is 33.9 Å². The Morgan fingerprint density at radius 2 is 1.89 bits per heavy atom. The molecule has 1 aliphatic heterocycles. The summed E-state index contributed by atoms with van der Waals surface area (Å²) in [5, 5.41) is 1.88. The van der Waals surface area contributed by atoms with Crippen LogP contribution in [0.5, 0.6) is 11.5 Å². The van der Waals surface area contributed by atoms with Gasteiger partial charge in [-0.05, 0) is 46.9 Å². The molecule has 0 fully saturated rings. The number of carbonyl (C=O) groups is 1. The van der Waals surface area contributed by atoms with E-state index in [9.17, 15) is 4.79 Å². The molecule has 2 aromatic rings. The van der Waals surface area contributed by atoms with Crippen molar-refractivity contribution in [3.8, 4) is 11.5 Å². The lowest BCUT2D eigenvalue weighted by atomic mass is 10.1. The van der Waals surface area contributed by atoms with Crippen LogP contribution < -0.4 is 9.47 Å². The molecule has 5 heteroatoms. The van der Waals surface area contributed by atoms with Gasteiger partial charge in [-0.3, -0.25) is 4.79 Å². The van der Waals surface area contributed by atoms with Crippen LogP contribution in [-0.2, 0) is 0 Å². The van der Waals surface area contributed by atoms with E-state index >= 15 is 0 Å². The molecule has 0 N–H and O–H groups in total. The molecule has 1 aliphatic rings. The average molecular weight is 386 g/mol. The molecule has 2 heterocycles. The van der Waals surface area contributed by atoms with E-state index in [1.54, 1.807) is 23.5 Å². The lowest BCUT2D eigenvalue weighted by molar-refractivity contribution is 0.103. The third-order valence-electron chi connectivity index (χ3n) is 2.84. The first-order chi connectivity index (χ1) is 9.24. The van der Waals surface area contributed by atoms with Crippen molar-refractivity contribution in [2.24, 2.45) is 0 Å². The molecule has 0 saturated heterocycles. The van der Waals surface area contributed by atoms with Crippen LogP contribution in [0.25, 0.3) is 0 Å². The highest BCUT2D eigenvalue weighted by Gasteiger charge is 2.16. The smallest absolute Gasteiger partial charge is 0.194 e. The standard InChI is InChI=1S/C14H11IO3S/c15-13-7-10(8-19-13)14(16)9-2-3-11-12(6-9)18-5-1-4-17-11/h2-3,6-8H,1,4-5H2. The van der Waals surface area contributed by atoms with Crippen molar-refractivity contribution >= 4 is 39.7 Å². The fourth-order valence-corrected chi connectivity index (χ4v) is 3.23. The molecule has 0 saturated carbocycles. The van der Waals surface area contributed by atoms with Gasteiger partial charge in [0, 0.05) is 22.9 Å². The third kappa shape index (κ3) is 2.76. The molecular formula is C14H11IO3S. The van der Waals surface area contributed by atoms with Gasteiger partial charge in [-0.15, -0.1) is 11.3 Å². The number of hydrogen-bond acceptors (Lipinski definition) is 4. The summed E-state index contributed by atoms with van der Waals surface area (Å²) >= 11 is 3.78. The first-order valence-electron chi connectivity index (χ1n) is 5.92. The molecule has 1 aromatic carbocycles. The topological polar surface area (TPSA) is 35.5 Å². The number of halogens is 1. The minimum Gasteiger partial charge on any atom is -0.490 e. The lowest BCUT2D eigenvalue weighted by Crippen LogP contribution is -2.01. The fourth-order valence-electron chi connectivity index (χ4n) is 1.90. The summed E-state index contributed by atoms with van der Waals surface area (Å²) in [5.41, 5.74) is 1.36. The van der Waals surface area contributed by atoms with E-state index < -0.39 is 0 Å². The van der Waals surface area contributed by atoms with Crippen LogP contribution in [0.1, 0.15) is 22.3 Å². The van der Waals surface area contributed by atoms with E-state index in [0.717, 1.165) is 14.9 Å². The molecule has 0 unspecified atom stereocenters. The lowest BCUT2D eigenvalue weighted by Gasteiger charge is -2.08. The Labute approximate surface area is 128 Å². The van der Waals surface area contributed by atoms with Crippen LogP contribution in [0, 0.1) is 2.88 Å². The van der Waals surface area contributed by atoms with Gasteiger partial charge < -0.3 is 9.47 Å². The number of ketones is 1. The van der Waals surface area contributed by atoms with Crippen molar-refractivity contribution in [3.05, 3.63) is 43.7 Å². The monoisotopic (exact) mass is 386 g/mol. The number of thiophene rings is 1. The second-order valence-corrected chi connectivity index (χ2v) is 6.99. The summed E-state index contributed by atoms with van der Waals surface area (Å²) in [6.07, 6.45) is 0.862. The predicted octanol–water partition coefficient (Wildman–Crippen LogP) is 3.75. The molecule has 0 bridgehead atoms.